The van der Waals surface area contributed by atoms with Gasteiger partial charge in [0.05, 0.1) is 24.5 Å². The summed E-state index contributed by atoms with van der Waals surface area (Å²) in [5, 5.41) is 32.8. The van der Waals surface area contributed by atoms with Crippen LogP contribution in [0.15, 0.2) is 102 Å². The number of carbonyl (C=O) groups is 2. The van der Waals surface area contributed by atoms with Gasteiger partial charge in [0.2, 0.25) is 11.8 Å². The van der Waals surface area contributed by atoms with E-state index in [9.17, 15) is 24.9 Å². The number of hydrogen-bond acceptors (Lipinski definition) is 7. The minimum Gasteiger partial charge on any atom is -0.508 e. The smallest absolute Gasteiger partial charge is 0.234 e. The summed E-state index contributed by atoms with van der Waals surface area (Å²) >= 11 is 0. The number of hydrogen-bond donors (Lipinski definition) is 3. The molecule has 0 aromatic heterocycles. The van der Waals surface area contributed by atoms with Crippen LogP contribution in [0, 0.1) is 17.8 Å². The first-order chi connectivity index (χ1) is 24.4. The highest BCUT2D eigenvalue weighted by molar-refractivity contribution is 6.06. The molecule has 0 unspecified atom stereocenters. The van der Waals surface area contributed by atoms with Crippen LogP contribution < -0.4 is 4.74 Å². The molecule has 8 heteroatoms. The molecule has 2 amide bonds. The van der Waals surface area contributed by atoms with Gasteiger partial charge in [-0.25, -0.2) is 0 Å². The van der Waals surface area contributed by atoms with Crippen molar-refractivity contribution in [1.29, 1.82) is 0 Å². The number of ether oxygens (including phenoxy) is 1. The van der Waals surface area contributed by atoms with Crippen LogP contribution in [0.2, 0.25) is 0 Å². The number of amides is 2. The maximum atomic E-state index is 14.2. The summed E-state index contributed by atoms with van der Waals surface area (Å²) in [5.74, 6) is -1.48. The second-order valence-corrected chi connectivity index (χ2v) is 14.0. The van der Waals surface area contributed by atoms with Crippen LogP contribution in [0.3, 0.4) is 0 Å². The Hall–Kier alpha value is -4.24. The number of piperidine rings is 1. The van der Waals surface area contributed by atoms with Gasteiger partial charge in [0.25, 0.3) is 0 Å². The van der Waals surface area contributed by atoms with Crippen molar-refractivity contribution < 1.29 is 29.6 Å². The van der Waals surface area contributed by atoms with Crippen molar-refractivity contribution in [3.63, 3.8) is 0 Å². The van der Waals surface area contributed by atoms with E-state index < -0.39 is 23.9 Å². The number of fused-ring (bicyclic) bond motifs is 1. The number of allylic oxidation sites excluding steroid dienone is 1. The third-order valence-corrected chi connectivity index (χ3v) is 10.7. The van der Waals surface area contributed by atoms with Crippen molar-refractivity contribution in [3.05, 3.63) is 113 Å². The molecular weight excluding hydrogens is 628 g/mol. The molecule has 0 bridgehead atoms. The van der Waals surface area contributed by atoms with Crippen LogP contribution in [0.4, 0.5) is 0 Å². The average molecular weight is 679 g/mol. The summed E-state index contributed by atoms with van der Waals surface area (Å²) < 4.78 is 6.19. The fourth-order valence-corrected chi connectivity index (χ4v) is 8.26. The van der Waals surface area contributed by atoms with E-state index in [0.717, 1.165) is 49.2 Å². The molecule has 3 aromatic carbocycles. The molecule has 4 atom stereocenters. The molecular formula is C42H50N2O6. The Balaban J connectivity index is 1.21. The highest BCUT2D eigenvalue weighted by Crippen LogP contribution is 2.47. The number of rotatable bonds is 14. The van der Waals surface area contributed by atoms with E-state index in [4.69, 9.17) is 4.74 Å². The van der Waals surface area contributed by atoms with Gasteiger partial charge in [0.1, 0.15) is 18.1 Å². The average Bonchev–Trinajstić information content (AvgIpc) is 3.38. The molecule has 3 aromatic rings. The number of imide groups is 1. The first-order valence-corrected chi connectivity index (χ1v) is 18.2. The number of para-hydroxylation sites is 1. The van der Waals surface area contributed by atoms with E-state index in [2.05, 4.69) is 30.0 Å². The Kier molecular flexibility index (Phi) is 11.8. The fraction of sp³-hybridized carbons (Fsp3) is 0.429. The lowest BCUT2D eigenvalue weighted by atomic mass is 9.68. The van der Waals surface area contributed by atoms with Gasteiger partial charge in [-0.05, 0) is 85.1 Å². The van der Waals surface area contributed by atoms with E-state index in [1.807, 2.05) is 60.7 Å². The van der Waals surface area contributed by atoms with Crippen LogP contribution in [0.5, 0.6) is 11.5 Å². The maximum absolute atomic E-state index is 14.2. The Morgan fingerprint density at radius 3 is 2.34 bits per heavy atom. The second kappa shape index (κ2) is 16.6. The van der Waals surface area contributed by atoms with Crippen molar-refractivity contribution in [2.75, 3.05) is 26.3 Å². The first kappa shape index (κ1) is 35.6. The Morgan fingerprint density at radius 2 is 1.66 bits per heavy atom. The molecule has 6 rings (SSSR count). The number of aliphatic hydroxyl groups is 2. The predicted molar refractivity (Wildman–Crippen MR) is 194 cm³/mol. The van der Waals surface area contributed by atoms with Gasteiger partial charge < -0.3 is 20.1 Å². The van der Waals surface area contributed by atoms with Gasteiger partial charge in [-0.1, -0.05) is 85.7 Å². The number of aliphatic hydroxyl groups excluding tert-OH is 2. The number of likely N-dealkylation sites (tertiary alicyclic amines) is 2. The van der Waals surface area contributed by atoms with Crippen molar-refractivity contribution in [1.82, 2.24) is 9.80 Å². The third kappa shape index (κ3) is 8.20. The van der Waals surface area contributed by atoms with Crippen LogP contribution in [0.25, 0.3) is 6.08 Å². The number of phenols is 1. The van der Waals surface area contributed by atoms with Crippen LogP contribution in [0.1, 0.15) is 63.0 Å². The number of benzene rings is 3. The molecule has 264 valence electrons. The lowest BCUT2D eigenvalue weighted by Crippen LogP contribution is -2.47. The van der Waals surface area contributed by atoms with Gasteiger partial charge in [-0.2, -0.15) is 0 Å². The second-order valence-electron chi connectivity index (χ2n) is 14.0. The zero-order chi connectivity index (χ0) is 35.0. The van der Waals surface area contributed by atoms with Gasteiger partial charge in [-0.3, -0.25) is 19.4 Å². The summed E-state index contributed by atoms with van der Waals surface area (Å²) in [6, 6.07) is 26.7. The summed E-state index contributed by atoms with van der Waals surface area (Å²) in [6.07, 6.45) is 5.65. The molecule has 2 saturated heterocycles. The molecule has 2 aliphatic heterocycles. The zero-order valence-corrected chi connectivity index (χ0v) is 29.0. The van der Waals surface area contributed by atoms with E-state index >= 15 is 0 Å². The highest BCUT2D eigenvalue weighted by Gasteiger charge is 2.56. The lowest BCUT2D eigenvalue weighted by Gasteiger charge is -2.37. The third-order valence-electron chi connectivity index (χ3n) is 10.7. The highest BCUT2D eigenvalue weighted by atomic mass is 16.5. The topological polar surface area (TPSA) is 111 Å². The van der Waals surface area contributed by atoms with Crippen molar-refractivity contribution in [2.45, 2.75) is 70.6 Å². The minimum atomic E-state index is -0.926. The number of aromatic hydroxyl groups is 1. The zero-order valence-electron chi connectivity index (χ0n) is 29.0. The predicted octanol–water partition coefficient (Wildman–Crippen LogP) is 6.37. The summed E-state index contributed by atoms with van der Waals surface area (Å²) in [5.41, 5.74) is 4.71. The Bertz CT molecular complexity index is 1660. The molecule has 3 N–H and O–H groups in total. The minimum absolute atomic E-state index is 0.162. The van der Waals surface area contributed by atoms with Crippen LogP contribution >= 0.6 is 0 Å². The molecule has 2 fully saturated rings. The molecule has 0 saturated carbocycles. The van der Waals surface area contributed by atoms with Gasteiger partial charge in [0, 0.05) is 31.6 Å². The lowest BCUT2D eigenvalue weighted by molar-refractivity contribution is -0.144. The molecule has 0 spiro atoms. The molecule has 8 nitrogen and oxygen atoms in total. The van der Waals surface area contributed by atoms with Crippen molar-refractivity contribution in [3.8, 4) is 11.5 Å². The quantitative estimate of drug-likeness (QED) is 0.134. The molecule has 50 heavy (non-hydrogen) atoms. The standard InChI is InChI=1S/C42H50N2O6/c1-2-10-29(23-31-13-9-14-34(46)24-31)17-18-38(47)39-32(28-50-35-15-7-4-8-16-35)25-36-40(37(39)27-45)42(49)44(41(36)48)33-19-21-43(22-20-33)26-30-11-5-3-6-12-30/h3-9,11-16,23-24,33,36-38,40,45-47H,2,10,17-22,25-28H2,1H3/b29-23+/t36-,37+,38-,40-/m1/s1. The summed E-state index contributed by atoms with van der Waals surface area (Å²) in [4.78, 5) is 32.3. The summed E-state index contributed by atoms with van der Waals surface area (Å²) in [7, 11) is 0. The Labute approximate surface area is 295 Å². The van der Waals surface area contributed by atoms with Gasteiger partial charge in [0.15, 0.2) is 0 Å². The van der Waals surface area contributed by atoms with Crippen LogP contribution in [-0.2, 0) is 16.1 Å². The molecule has 0 radical (unpaired) electrons. The normalized spacial score (nSPS) is 22.6. The fourth-order valence-electron chi connectivity index (χ4n) is 8.26. The first-order valence-electron chi connectivity index (χ1n) is 18.2. The summed E-state index contributed by atoms with van der Waals surface area (Å²) in [6.45, 7) is 4.36. The van der Waals surface area contributed by atoms with Crippen molar-refractivity contribution in [2.24, 2.45) is 17.8 Å². The van der Waals surface area contributed by atoms with E-state index in [1.54, 1.807) is 12.1 Å². The molecule has 2 heterocycles. The number of phenolic OH excluding ortho intramolecular Hbond substituents is 1. The molecule has 1 aliphatic carbocycles. The monoisotopic (exact) mass is 678 g/mol. The number of nitrogens with zero attached hydrogens (tertiary/aromatic N) is 2. The largest absolute Gasteiger partial charge is 0.508 e. The maximum Gasteiger partial charge on any atom is 0.234 e. The van der Waals surface area contributed by atoms with E-state index in [1.165, 1.54) is 10.5 Å². The van der Waals surface area contributed by atoms with Crippen molar-refractivity contribution >= 4 is 17.9 Å². The van der Waals surface area contributed by atoms with Gasteiger partial charge >= 0.3 is 0 Å². The van der Waals surface area contributed by atoms with Crippen LogP contribution in [-0.4, -0.2) is 75.4 Å². The number of carbonyl (C=O) groups excluding carboxylic acids is 2. The SMILES string of the molecule is CCC/C(=C\c1cccc(O)c1)CC[C@@H](O)C1=C(COc2ccccc2)C[C@H]2C(=O)N(C3CCN(Cc4ccccc4)CC3)C(=O)[C@H]2[C@H]1CO. The van der Waals surface area contributed by atoms with E-state index in [0.29, 0.717) is 43.4 Å². The Morgan fingerprint density at radius 1 is 0.940 bits per heavy atom. The molecule has 3 aliphatic rings. The van der Waals surface area contributed by atoms with E-state index in [-0.39, 0.29) is 36.8 Å². The van der Waals surface area contributed by atoms with Gasteiger partial charge in [-0.15, -0.1) is 0 Å².